The Morgan fingerprint density at radius 2 is 2.11 bits per heavy atom. The molecule has 1 rings (SSSR count). The minimum atomic E-state index is -3.85. The van der Waals surface area contributed by atoms with Crippen LogP contribution in [0.1, 0.15) is 6.92 Å². The average Bonchev–Trinajstić information content (AvgIpc) is 2.31. The van der Waals surface area contributed by atoms with Gasteiger partial charge in [0.15, 0.2) is 0 Å². The van der Waals surface area contributed by atoms with Crippen molar-refractivity contribution >= 4 is 33.2 Å². The van der Waals surface area contributed by atoms with Crippen molar-refractivity contribution in [3.05, 3.63) is 18.2 Å². The van der Waals surface area contributed by atoms with Crippen LogP contribution < -0.4 is 16.2 Å². The molecule has 19 heavy (non-hydrogen) atoms. The van der Waals surface area contributed by atoms with Gasteiger partial charge in [0, 0.05) is 17.0 Å². The van der Waals surface area contributed by atoms with E-state index in [0.717, 1.165) is 0 Å². The first-order valence-electron chi connectivity index (χ1n) is 5.62. The highest BCUT2D eigenvalue weighted by molar-refractivity contribution is 7.99. The van der Waals surface area contributed by atoms with Crippen LogP contribution in [0.5, 0.6) is 0 Å². The fourth-order valence-electron chi connectivity index (χ4n) is 1.67. The quantitative estimate of drug-likeness (QED) is 0.566. The molecule has 6 N–H and O–H groups in total. The number of hydrogen-bond acceptors (Lipinski definition) is 6. The molecule has 108 valence electrons. The van der Waals surface area contributed by atoms with Crippen LogP contribution in [0.2, 0.25) is 0 Å². The highest BCUT2D eigenvalue weighted by atomic mass is 32.2. The first kappa shape index (κ1) is 16.1. The number of aliphatic hydroxyl groups excluding tert-OH is 1. The van der Waals surface area contributed by atoms with Gasteiger partial charge in [0.05, 0.1) is 12.3 Å². The topological polar surface area (TPSA) is 118 Å². The van der Waals surface area contributed by atoms with Crippen molar-refractivity contribution in [1.82, 2.24) is 0 Å². The Kier molecular flexibility index (Phi) is 5.48. The van der Waals surface area contributed by atoms with E-state index < -0.39 is 10.0 Å². The van der Waals surface area contributed by atoms with Crippen molar-refractivity contribution in [1.29, 1.82) is 0 Å². The van der Waals surface area contributed by atoms with Crippen LogP contribution in [-0.2, 0) is 10.0 Å². The molecule has 0 radical (unpaired) electrons. The van der Waals surface area contributed by atoms with Gasteiger partial charge < -0.3 is 16.2 Å². The van der Waals surface area contributed by atoms with E-state index in [0.29, 0.717) is 11.4 Å². The van der Waals surface area contributed by atoms with E-state index in [1.54, 1.807) is 12.1 Å². The fourth-order valence-corrected chi connectivity index (χ4v) is 3.03. The second kappa shape index (κ2) is 6.47. The Labute approximate surface area is 117 Å². The lowest BCUT2D eigenvalue weighted by atomic mass is 10.2. The minimum Gasteiger partial charge on any atom is -0.399 e. The number of nitrogens with one attached hydrogen (secondary N) is 1. The van der Waals surface area contributed by atoms with Crippen LogP contribution in [0.4, 0.5) is 11.4 Å². The summed E-state index contributed by atoms with van der Waals surface area (Å²) in [6.07, 6.45) is 1.88. The number of hydrogen-bond donors (Lipinski definition) is 4. The first-order valence-corrected chi connectivity index (χ1v) is 8.45. The Hall–Kier alpha value is -0.960. The van der Waals surface area contributed by atoms with Gasteiger partial charge in [-0.1, -0.05) is 0 Å². The molecule has 0 aliphatic carbocycles. The molecule has 8 heteroatoms. The first-order chi connectivity index (χ1) is 8.79. The number of primary sulfonamides is 1. The van der Waals surface area contributed by atoms with Crippen molar-refractivity contribution in [3.8, 4) is 0 Å². The Balaban J connectivity index is 3.08. The number of aliphatic hydroxyl groups is 1. The summed E-state index contributed by atoms with van der Waals surface area (Å²) in [5.41, 5.74) is 6.29. The molecule has 0 fully saturated rings. The Morgan fingerprint density at radius 1 is 1.47 bits per heavy atom. The predicted octanol–water partition coefficient (Wildman–Crippen LogP) is 0.441. The molecular formula is C11H19N3O3S2. The van der Waals surface area contributed by atoms with E-state index >= 15 is 0 Å². The average molecular weight is 305 g/mol. The third-order valence-electron chi connectivity index (χ3n) is 2.74. The summed E-state index contributed by atoms with van der Waals surface area (Å²) >= 11 is 1.50. The molecular weight excluding hydrogens is 286 g/mol. The van der Waals surface area contributed by atoms with Gasteiger partial charge in [0.1, 0.15) is 4.90 Å². The third-order valence-corrected chi connectivity index (χ3v) is 4.85. The van der Waals surface area contributed by atoms with Gasteiger partial charge >= 0.3 is 0 Å². The van der Waals surface area contributed by atoms with E-state index in [-0.39, 0.29) is 22.8 Å². The normalized spacial score (nSPS) is 14.9. The second-order valence-corrected chi connectivity index (χ2v) is 6.80. The number of sulfonamides is 1. The fraction of sp³-hybridized carbons (Fsp3) is 0.455. The predicted molar refractivity (Wildman–Crippen MR) is 79.7 cm³/mol. The Bertz CT molecular complexity index is 530. The van der Waals surface area contributed by atoms with Crippen LogP contribution in [-0.4, -0.2) is 37.7 Å². The van der Waals surface area contributed by atoms with Gasteiger partial charge in [0.2, 0.25) is 10.0 Å². The van der Waals surface area contributed by atoms with Crippen molar-refractivity contribution < 1.29 is 13.5 Å². The summed E-state index contributed by atoms with van der Waals surface area (Å²) in [5.74, 6) is 0. The number of benzene rings is 1. The molecule has 1 aromatic rings. The summed E-state index contributed by atoms with van der Waals surface area (Å²) in [7, 11) is -3.85. The number of nitrogens with two attached hydrogens (primary N) is 2. The van der Waals surface area contributed by atoms with E-state index in [2.05, 4.69) is 5.32 Å². The molecule has 6 nitrogen and oxygen atoms in total. The summed E-state index contributed by atoms with van der Waals surface area (Å²) in [5, 5.41) is 17.4. The summed E-state index contributed by atoms with van der Waals surface area (Å²) in [6, 6.07) is 4.36. The van der Waals surface area contributed by atoms with E-state index in [9.17, 15) is 13.5 Å². The molecule has 0 saturated carbocycles. The van der Waals surface area contributed by atoms with Gasteiger partial charge in [0.25, 0.3) is 0 Å². The number of nitrogen functional groups attached to an aromatic ring is 1. The minimum absolute atomic E-state index is 0.00495. The van der Waals surface area contributed by atoms with Gasteiger partial charge in [-0.05, 0) is 31.4 Å². The molecule has 0 amide bonds. The van der Waals surface area contributed by atoms with Crippen molar-refractivity contribution in [2.45, 2.75) is 23.1 Å². The zero-order chi connectivity index (χ0) is 14.6. The summed E-state index contributed by atoms with van der Waals surface area (Å²) in [4.78, 5) is -0.0443. The second-order valence-electron chi connectivity index (χ2n) is 4.19. The molecule has 0 aromatic heterocycles. The van der Waals surface area contributed by atoms with Crippen molar-refractivity contribution in [2.24, 2.45) is 5.14 Å². The van der Waals surface area contributed by atoms with Gasteiger partial charge in [-0.15, -0.1) is 0 Å². The zero-order valence-corrected chi connectivity index (χ0v) is 12.5. The summed E-state index contributed by atoms with van der Waals surface area (Å²) in [6.45, 7) is 1.86. The van der Waals surface area contributed by atoms with Gasteiger partial charge in [-0.3, -0.25) is 0 Å². The monoisotopic (exact) mass is 305 g/mol. The van der Waals surface area contributed by atoms with Crippen LogP contribution >= 0.6 is 11.8 Å². The number of anilines is 2. The molecule has 2 unspecified atom stereocenters. The van der Waals surface area contributed by atoms with Gasteiger partial charge in [-0.2, -0.15) is 11.8 Å². The number of rotatable bonds is 6. The molecule has 0 aliphatic rings. The lowest BCUT2D eigenvalue weighted by Gasteiger charge is -2.23. The van der Waals surface area contributed by atoms with Crippen molar-refractivity contribution in [2.75, 3.05) is 23.9 Å². The third kappa shape index (κ3) is 4.27. The molecule has 0 aliphatic heterocycles. The molecule has 1 aromatic carbocycles. The lowest BCUT2D eigenvalue weighted by molar-refractivity contribution is 0.288. The van der Waals surface area contributed by atoms with Gasteiger partial charge in [-0.25, -0.2) is 13.6 Å². The maximum Gasteiger partial charge on any atom is 0.240 e. The van der Waals surface area contributed by atoms with E-state index in [4.69, 9.17) is 10.9 Å². The molecule has 0 spiro atoms. The Morgan fingerprint density at radius 3 is 2.58 bits per heavy atom. The SMILES string of the molecule is CSC(CO)C(C)Nc1ccc(N)cc1S(N)(=O)=O. The maximum atomic E-state index is 11.5. The van der Waals surface area contributed by atoms with E-state index in [1.807, 2.05) is 13.2 Å². The van der Waals surface area contributed by atoms with Crippen LogP contribution in [0.25, 0.3) is 0 Å². The van der Waals surface area contributed by atoms with Crippen LogP contribution in [0.3, 0.4) is 0 Å². The number of thioether (sulfide) groups is 1. The highest BCUT2D eigenvalue weighted by Gasteiger charge is 2.19. The smallest absolute Gasteiger partial charge is 0.240 e. The summed E-state index contributed by atoms with van der Waals surface area (Å²) < 4.78 is 23.0. The van der Waals surface area contributed by atoms with Crippen molar-refractivity contribution in [3.63, 3.8) is 0 Å². The molecule has 0 bridgehead atoms. The largest absolute Gasteiger partial charge is 0.399 e. The molecule has 0 heterocycles. The highest BCUT2D eigenvalue weighted by Crippen LogP contribution is 2.25. The van der Waals surface area contributed by atoms with Crippen LogP contribution in [0.15, 0.2) is 23.1 Å². The molecule has 0 saturated heterocycles. The standard InChI is InChI=1S/C11H19N3O3S2/c1-7(10(6-15)18-2)14-9-4-3-8(12)5-11(9)19(13,16)17/h3-5,7,10,14-15H,6,12H2,1-2H3,(H2,13,16,17). The van der Waals surface area contributed by atoms with E-state index in [1.165, 1.54) is 17.8 Å². The zero-order valence-electron chi connectivity index (χ0n) is 10.8. The van der Waals surface area contributed by atoms with Crippen LogP contribution in [0, 0.1) is 0 Å². The maximum absolute atomic E-state index is 11.5. The lowest BCUT2D eigenvalue weighted by Crippen LogP contribution is -2.31. The molecule has 2 atom stereocenters.